The number of carbonyl (C=O) groups excluding carboxylic acids is 1. The summed E-state index contributed by atoms with van der Waals surface area (Å²) in [5.41, 5.74) is 0. The van der Waals surface area contributed by atoms with Crippen molar-refractivity contribution in [3.05, 3.63) is 0 Å². The molecule has 0 saturated carbocycles. The summed E-state index contributed by atoms with van der Waals surface area (Å²) in [7, 11) is -3.56. The second-order valence-corrected chi connectivity index (χ2v) is 4.73. The monoisotopic (exact) mass is 238 g/mol. The van der Waals surface area contributed by atoms with Gasteiger partial charge in [0.1, 0.15) is 0 Å². The highest BCUT2D eigenvalue weighted by Crippen LogP contribution is 1.97. The van der Waals surface area contributed by atoms with E-state index in [-0.39, 0.29) is 0 Å². The number of hydrogen-bond donors (Lipinski definition) is 1. The fourth-order valence-corrected chi connectivity index (χ4v) is 1.32. The Labute approximate surface area is 88.5 Å². The molecule has 0 bridgehead atoms. The highest BCUT2D eigenvalue weighted by Gasteiger charge is 2.17. The van der Waals surface area contributed by atoms with Gasteiger partial charge in [-0.15, -0.1) is 0 Å². The van der Waals surface area contributed by atoms with Crippen LogP contribution >= 0.6 is 0 Å². The van der Waals surface area contributed by atoms with Crippen molar-refractivity contribution in [3.8, 4) is 0 Å². The van der Waals surface area contributed by atoms with E-state index < -0.39 is 23.0 Å². The van der Waals surface area contributed by atoms with Gasteiger partial charge < -0.3 is 15.0 Å². The summed E-state index contributed by atoms with van der Waals surface area (Å²) in [6.45, 7) is 1.96. The van der Waals surface area contributed by atoms with Crippen molar-refractivity contribution in [1.82, 2.24) is 10.2 Å². The number of nitrogens with one attached hydrogen (secondary N) is 1. The summed E-state index contributed by atoms with van der Waals surface area (Å²) in [5, 5.41) is 3.07. The third kappa shape index (κ3) is 4.96. The standard InChI is InChI=1S/C7H14N2O5S/c1-15(11,12)14-6-13-7(10)9-4-2-8-3-5-9/h8H,2-6H2,1H3. The number of rotatable bonds is 3. The van der Waals surface area contributed by atoms with Crippen molar-refractivity contribution in [2.45, 2.75) is 0 Å². The topological polar surface area (TPSA) is 84.9 Å². The summed E-state index contributed by atoms with van der Waals surface area (Å²) in [6.07, 6.45) is 0.339. The van der Waals surface area contributed by atoms with E-state index in [0.29, 0.717) is 26.2 Å². The quantitative estimate of drug-likeness (QED) is 0.499. The van der Waals surface area contributed by atoms with Crippen LogP contribution in [-0.2, 0) is 19.0 Å². The lowest BCUT2D eigenvalue weighted by Crippen LogP contribution is -2.46. The molecule has 88 valence electrons. The van der Waals surface area contributed by atoms with E-state index in [2.05, 4.69) is 14.2 Å². The van der Waals surface area contributed by atoms with Crippen molar-refractivity contribution in [3.63, 3.8) is 0 Å². The molecule has 1 aliphatic heterocycles. The first-order valence-corrected chi connectivity index (χ1v) is 6.27. The molecule has 0 atom stereocenters. The molecule has 1 amide bonds. The zero-order valence-corrected chi connectivity index (χ0v) is 9.25. The molecule has 0 aromatic rings. The van der Waals surface area contributed by atoms with Gasteiger partial charge in [-0.2, -0.15) is 8.42 Å². The van der Waals surface area contributed by atoms with Gasteiger partial charge in [-0.05, 0) is 0 Å². The molecular formula is C7H14N2O5S. The van der Waals surface area contributed by atoms with Gasteiger partial charge in [-0.1, -0.05) is 0 Å². The minimum absolute atomic E-state index is 0.553. The normalized spacial score (nSPS) is 17.5. The van der Waals surface area contributed by atoms with Gasteiger partial charge in [0.25, 0.3) is 10.1 Å². The Hall–Kier alpha value is -0.860. The maximum absolute atomic E-state index is 11.3. The Bertz CT molecular complexity index is 309. The Balaban J connectivity index is 2.23. The molecule has 1 rings (SSSR count). The molecule has 7 nitrogen and oxygen atoms in total. The van der Waals surface area contributed by atoms with Gasteiger partial charge in [0.05, 0.1) is 6.26 Å². The lowest BCUT2D eigenvalue weighted by atomic mass is 10.4. The van der Waals surface area contributed by atoms with E-state index in [4.69, 9.17) is 0 Å². The van der Waals surface area contributed by atoms with Crippen LogP contribution in [-0.4, -0.2) is 58.6 Å². The lowest BCUT2D eigenvalue weighted by molar-refractivity contribution is 0.0366. The van der Waals surface area contributed by atoms with Crippen LogP contribution in [0.1, 0.15) is 0 Å². The third-order valence-electron chi connectivity index (χ3n) is 1.82. The van der Waals surface area contributed by atoms with Gasteiger partial charge in [0.2, 0.25) is 6.79 Å². The van der Waals surface area contributed by atoms with Crippen LogP contribution in [0, 0.1) is 0 Å². The van der Waals surface area contributed by atoms with Crippen LogP contribution in [0.3, 0.4) is 0 Å². The Morgan fingerprint density at radius 1 is 1.40 bits per heavy atom. The number of nitrogens with zero attached hydrogens (tertiary/aromatic N) is 1. The summed E-state index contributed by atoms with van der Waals surface area (Å²) in [4.78, 5) is 12.8. The van der Waals surface area contributed by atoms with E-state index in [1.165, 1.54) is 4.90 Å². The van der Waals surface area contributed by atoms with Gasteiger partial charge >= 0.3 is 6.09 Å². The van der Waals surface area contributed by atoms with Crippen LogP contribution in [0.15, 0.2) is 0 Å². The van der Waals surface area contributed by atoms with Gasteiger partial charge in [-0.3, -0.25) is 0 Å². The molecule has 1 saturated heterocycles. The summed E-state index contributed by atoms with van der Waals surface area (Å²) in [6, 6.07) is 0. The summed E-state index contributed by atoms with van der Waals surface area (Å²) in [5.74, 6) is 0. The van der Waals surface area contributed by atoms with Crippen LogP contribution in [0.4, 0.5) is 4.79 Å². The van der Waals surface area contributed by atoms with Crippen LogP contribution in [0.5, 0.6) is 0 Å². The second-order valence-electron chi connectivity index (χ2n) is 3.09. The molecule has 1 fully saturated rings. The van der Waals surface area contributed by atoms with E-state index in [0.717, 1.165) is 6.26 Å². The Morgan fingerprint density at radius 3 is 2.53 bits per heavy atom. The zero-order chi connectivity index (χ0) is 11.3. The molecule has 8 heteroatoms. The first kappa shape index (κ1) is 12.2. The third-order valence-corrected chi connectivity index (χ3v) is 2.34. The molecule has 0 aromatic carbocycles. The molecule has 1 heterocycles. The van der Waals surface area contributed by atoms with Crippen LogP contribution in [0.25, 0.3) is 0 Å². The van der Waals surface area contributed by atoms with Crippen molar-refractivity contribution in [2.75, 3.05) is 39.2 Å². The predicted molar refractivity (Wildman–Crippen MR) is 51.7 cm³/mol. The van der Waals surface area contributed by atoms with Gasteiger partial charge in [0.15, 0.2) is 0 Å². The predicted octanol–water partition coefficient (Wildman–Crippen LogP) is -1.04. The molecular weight excluding hydrogens is 224 g/mol. The highest BCUT2D eigenvalue weighted by molar-refractivity contribution is 7.85. The van der Waals surface area contributed by atoms with Crippen molar-refractivity contribution in [1.29, 1.82) is 0 Å². The molecule has 1 N–H and O–H groups in total. The van der Waals surface area contributed by atoms with E-state index in [1.54, 1.807) is 0 Å². The minimum Gasteiger partial charge on any atom is -0.421 e. The summed E-state index contributed by atoms with van der Waals surface area (Å²) >= 11 is 0. The number of ether oxygens (including phenoxy) is 1. The van der Waals surface area contributed by atoms with Crippen molar-refractivity contribution in [2.24, 2.45) is 0 Å². The first-order valence-electron chi connectivity index (χ1n) is 4.46. The van der Waals surface area contributed by atoms with Crippen molar-refractivity contribution >= 4 is 16.2 Å². The van der Waals surface area contributed by atoms with E-state index >= 15 is 0 Å². The number of hydrogen-bond acceptors (Lipinski definition) is 6. The molecule has 0 radical (unpaired) electrons. The molecule has 15 heavy (non-hydrogen) atoms. The SMILES string of the molecule is CS(=O)(=O)OCOC(=O)N1CCNCC1. The number of amides is 1. The maximum atomic E-state index is 11.3. The average molecular weight is 238 g/mol. The first-order chi connectivity index (χ1) is 6.99. The summed E-state index contributed by atoms with van der Waals surface area (Å²) < 4.78 is 30.0. The largest absolute Gasteiger partial charge is 0.421 e. The average Bonchev–Trinajstić information content (AvgIpc) is 2.17. The smallest absolute Gasteiger partial charge is 0.412 e. The molecule has 0 spiro atoms. The molecule has 0 aromatic heterocycles. The number of piperazine rings is 1. The van der Waals surface area contributed by atoms with Crippen LogP contribution < -0.4 is 5.32 Å². The van der Waals surface area contributed by atoms with Crippen molar-refractivity contribution < 1.29 is 22.1 Å². The van der Waals surface area contributed by atoms with Crippen LogP contribution in [0.2, 0.25) is 0 Å². The number of carbonyl (C=O) groups is 1. The Morgan fingerprint density at radius 2 is 2.00 bits per heavy atom. The minimum atomic E-state index is -3.56. The van der Waals surface area contributed by atoms with Gasteiger partial charge in [0, 0.05) is 26.2 Å². The van der Waals surface area contributed by atoms with Gasteiger partial charge in [-0.25, -0.2) is 8.98 Å². The van der Waals surface area contributed by atoms with E-state index in [1.807, 2.05) is 0 Å². The molecule has 0 unspecified atom stereocenters. The fourth-order valence-electron chi connectivity index (χ4n) is 1.10. The second kappa shape index (κ2) is 5.29. The highest BCUT2D eigenvalue weighted by atomic mass is 32.2. The molecule has 1 aliphatic rings. The van der Waals surface area contributed by atoms with E-state index in [9.17, 15) is 13.2 Å². The lowest BCUT2D eigenvalue weighted by Gasteiger charge is -2.26. The molecule has 0 aliphatic carbocycles. The zero-order valence-electron chi connectivity index (χ0n) is 8.43. The fraction of sp³-hybridized carbons (Fsp3) is 0.857. The Kier molecular flexibility index (Phi) is 4.30. The maximum Gasteiger partial charge on any atom is 0.412 e.